The van der Waals surface area contributed by atoms with Gasteiger partial charge in [0.2, 0.25) is 0 Å². The van der Waals surface area contributed by atoms with E-state index in [1.54, 1.807) is 18.2 Å². The standard InChI is InChI=1S/C17H15BrCl2N2O2/c1-10-6-12(18)7-11(2)17(10)24-9-16(23)22-21-8-13-14(19)4-3-5-15(13)20/h3-8H,9H2,1-2H3,(H,22,23). The summed E-state index contributed by atoms with van der Waals surface area (Å²) in [6.07, 6.45) is 1.40. The summed E-state index contributed by atoms with van der Waals surface area (Å²) in [7, 11) is 0. The monoisotopic (exact) mass is 428 g/mol. The van der Waals surface area contributed by atoms with Crippen molar-refractivity contribution in [3.05, 3.63) is 61.5 Å². The molecule has 2 aromatic carbocycles. The summed E-state index contributed by atoms with van der Waals surface area (Å²) in [5, 5.41) is 4.77. The van der Waals surface area contributed by atoms with E-state index >= 15 is 0 Å². The molecule has 0 aliphatic rings. The van der Waals surface area contributed by atoms with Gasteiger partial charge in [-0.3, -0.25) is 4.79 Å². The molecule has 1 N–H and O–H groups in total. The van der Waals surface area contributed by atoms with Crippen LogP contribution in [0.25, 0.3) is 0 Å². The Kier molecular flexibility index (Phi) is 6.66. The van der Waals surface area contributed by atoms with Crippen LogP contribution in [0.4, 0.5) is 0 Å². The van der Waals surface area contributed by atoms with Crippen molar-refractivity contribution in [1.82, 2.24) is 5.43 Å². The second-order valence-corrected chi connectivity index (χ2v) is 6.82. The largest absolute Gasteiger partial charge is 0.483 e. The highest BCUT2D eigenvalue weighted by molar-refractivity contribution is 9.10. The molecule has 1 amide bonds. The first kappa shape index (κ1) is 18.8. The molecule has 0 unspecified atom stereocenters. The van der Waals surface area contributed by atoms with E-state index < -0.39 is 0 Å². The van der Waals surface area contributed by atoms with Gasteiger partial charge < -0.3 is 4.74 Å². The highest BCUT2D eigenvalue weighted by Crippen LogP contribution is 2.27. The minimum Gasteiger partial charge on any atom is -0.483 e. The van der Waals surface area contributed by atoms with E-state index in [4.69, 9.17) is 27.9 Å². The zero-order valence-electron chi connectivity index (χ0n) is 13.1. The van der Waals surface area contributed by atoms with Gasteiger partial charge in [0.05, 0.1) is 16.3 Å². The number of nitrogens with one attached hydrogen (secondary N) is 1. The Morgan fingerprint density at radius 1 is 1.25 bits per heavy atom. The van der Waals surface area contributed by atoms with Gasteiger partial charge in [-0.2, -0.15) is 5.10 Å². The van der Waals surface area contributed by atoms with E-state index in [1.807, 2.05) is 26.0 Å². The molecule has 2 aromatic rings. The maximum atomic E-state index is 11.8. The van der Waals surface area contributed by atoms with Crippen LogP contribution in [0.5, 0.6) is 5.75 Å². The Bertz CT molecular complexity index is 751. The van der Waals surface area contributed by atoms with Crippen molar-refractivity contribution in [2.24, 2.45) is 5.10 Å². The summed E-state index contributed by atoms with van der Waals surface area (Å²) in [6, 6.07) is 8.98. The maximum Gasteiger partial charge on any atom is 0.277 e. The summed E-state index contributed by atoms with van der Waals surface area (Å²) < 4.78 is 6.54. The van der Waals surface area contributed by atoms with E-state index in [0.717, 1.165) is 15.6 Å². The first-order valence-corrected chi connectivity index (χ1v) is 8.59. The van der Waals surface area contributed by atoms with Crippen LogP contribution in [0.2, 0.25) is 10.0 Å². The average Bonchev–Trinajstić information content (AvgIpc) is 2.49. The van der Waals surface area contributed by atoms with Crippen LogP contribution in [0.15, 0.2) is 39.9 Å². The fourth-order valence-corrected chi connectivity index (χ4v) is 3.28. The predicted octanol–water partition coefficient (Wildman–Crippen LogP) is 4.90. The van der Waals surface area contributed by atoms with Gasteiger partial charge in [-0.05, 0) is 49.2 Å². The lowest BCUT2D eigenvalue weighted by Crippen LogP contribution is -2.25. The number of halogens is 3. The topological polar surface area (TPSA) is 50.7 Å². The number of hydrogen-bond acceptors (Lipinski definition) is 3. The minimum absolute atomic E-state index is 0.142. The van der Waals surface area contributed by atoms with Crippen molar-refractivity contribution in [2.75, 3.05) is 6.61 Å². The van der Waals surface area contributed by atoms with Crippen LogP contribution in [0.1, 0.15) is 16.7 Å². The highest BCUT2D eigenvalue weighted by atomic mass is 79.9. The van der Waals surface area contributed by atoms with Gasteiger partial charge in [-0.15, -0.1) is 0 Å². The summed E-state index contributed by atoms with van der Waals surface area (Å²) in [5.41, 5.74) is 4.82. The second-order valence-electron chi connectivity index (χ2n) is 5.09. The fourth-order valence-electron chi connectivity index (χ4n) is 2.10. The number of benzene rings is 2. The van der Waals surface area contributed by atoms with E-state index in [-0.39, 0.29) is 12.5 Å². The molecule has 0 atom stereocenters. The third-order valence-electron chi connectivity index (χ3n) is 3.16. The Hall–Kier alpha value is -1.56. The number of amides is 1. The van der Waals surface area contributed by atoms with Crippen molar-refractivity contribution in [3.63, 3.8) is 0 Å². The molecule has 0 spiro atoms. The molecular formula is C17H15BrCl2N2O2. The number of aryl methyl sites for hydroxylation is 2. The third-order valence-corrected chi connectivity index (χ3v) is 4.27. The van der Waals surface area contributed by atoms with Crippen molar-refractivity contribution >= 4 is 51.3 Å². The quantitative estimate of drug-likeness (QED) is 0.542. The average molecular weight is 430 g/mol. The normalized spacial score (nSPS) is 10.9. The van der Waals surface area contributed by atoms with E-state index in [1.165, 1.54) is 6.21 Å². The van der Waals surface area contributed by atoms with Crippen molar-refractivity contribution < 1.29 is 9.53 Å². The number of hydrogen-bond donors (Lipinski definition) is 1. The number of carbonyl (C=O) groups excluding carboxylic acids is 1. The summed E-state index contributed by atoms with van der Waals surface area (Å²) in [5.74, 6) is 0.308. The van der Waals surface area contributed by atoms with E-state index in [9.17, 15) is 4.79 Å². The van der Waals surface area contributed by atoms with Crippen LogP contribution < -0.4 is 10.2 Å². The van der Waals surface area contributed by atoms with Gasteiger partial charge in [-0.25, -0.2) is 5.43 Å². The lowest BCUT2D eigenvalue weighted by molar-refractivity contribution is -0.123. The molecule has 126 valence electrons. The summed E-state index contributed by atoms with van der Waals surface area (Å²) in [4.78, 5) is 11.8. The Morgan fingerprint density at radius 3 is 2.42 bits per heavy atom. The van der Waals surface area contributed by atoms with Gasteiger partial charge >= 0.3 is 0 Å². The molecule has 0 heterocycles. The van der Waals surface area contributed by atoms with Gasteiger partial charge in [0.1, 0.15) is 5.75 Å². The fraction of sp³-hybridized carbons (Fsp3) is 0.176. The van der Waals surface area contributed by atoms with Gasteiger partial charge in [0, 0.05) is 10.0 Å². The minimum atomic E-state index is -0.379. The van der Waals surface area contributed by atoms with Crippen LogP contribution >= 0.6 is 39.1 Å². The molecule has 0 aliphatic carbocycles. The lowest BCUT2D eigenvalue weighted by atomic mass is 10.1. The van der Waals surface area contributed by atoms with Gasteiger partial charge in [0.15, 0.2) is 6.61 Å². The molecule has 2 rings (SSSR count). The van der Waals surface area contributed by atoms with Gasteiger partial charge in [-0.1, -0.05) is 45.2 Å². The first-order valence-electron chi connectivity index (χ1n) is 7.04. The third kappa shape index (κ3) is 4.97. The zero-order valence-corrected chi connectivity index (χ0v) is 16.2. The molecule has 0 radical (unpaired) electrons. The summed E-state index contributed by atoms with van der Waals surface area (Å²) >= 11 is 15.5. The molecule has 7 heteroatoms. The maximum absolute atomic E-state index is 11.8. The molecule has 0 bridgehead atoms. The zero-order chi connectivity index (χ0) is 17.7. The van der Waals surface area contributed by atoms with E-state index in [0.29, 0.717) is 21.4 Å². The molecule has 4 nitrogen and oxygen atoms in total. The number of nitrogens with zero attached hydrogens (tertiary/aromatic N) is 1. The van der Waals surface area contributed by atoms with Gasteiger partial charge in [0.25, 0.3) is 5.91 Å². The lowest BCUT2D eigenvalue weighted by Gasteiger charge is -2.11. The van der Waals surface area contributed by atoms with Crippen LogP contribution in [-0.2, 0) is 4.79 Å². The van der Waals surface area contributed by atoms with Crippen LogP contribution in [0, 0.1) is 13.8 Å². The number of rotatable bonds is 5. The van der Waals surface area contributed by atoms with Crippen LogP contribution in [-0.4, -0.2) is 18.7 Å². The second kappa shape index (κ2) is 8.51. The predicted molar refractivity (Wildman–Crippen MR) is 101 cm³/mol. The van der Waals surface area contributed by atoms with Crippen molar-refractivity contribution in [2.45, 2.75) is 13.8 Å². The van der Waals surface area contributed by atoms with Crippen LogP contribution in [0.3, 0.4) is 0 Å². The molecule has 0 aliphatic heterocycles. The summed E-state index contributed by atoms with van der Waals surface area (Å²) in [6.45, 7) is 3.70. The molecule has 0 saturated carbocycles. The smallest absolute Gasteiger partial charge is 0.277 e. The van der Waals surface area contributed by atoms with Crippen molar-refractivity contribution in [3.8, 4) is 5.75 Å². The Morgan fingerprint density at radius 2 is 1.83 bits per heavy atom. The Balaban J connectivity index is 1.94. The molecular weight excluding hydrogens is 415 g/mol. The first-order chi connectivity index (χ1) is 11.4. The number of ether oxygens (including phenoxy) is 1. The molecule has 0 saturated heterocycles. The molecule has 24 heavy (non-hydrogen) atoms. The molecule has 0 aromatic heterocycles. The highest BCUT2D eigenvalue weighted by Gasteiger charge is 2.08. The van der Waals surface area contributed by atoms with E-state index in [2.05, 4.69) is 26.5 Å². The Labute approximate surface area is 158 Å². The SMILES string of the molecule is Cc1cc(Br)cc(C)c1OCC(=O)NN=Cc1c(Cl)cccc1Cl. The van der Waals surface area contributed by atoms with Crippen molar-refractivity contribution in [1.29, 1.82) is 0 Å². The number of carbonyl (C=O) groups is 1. The number of hydrazone groups is 1. The molecule has 0 fully saturated rings.